The molecular formula is C28H36ClFNO4S-. The van der Waals surface area contributed by atoms with Crippen molar-refractivity contribution in [2.75, 3.05) is 6.54 Å². The highest BCUT2D eigenvalue weighted by atomic mass is 35.5. The van der Waals surface area contributed by atoms with Crippen LogP contribution in [0.15, 0.2) is 70.6 Å². The molecule has 36 heavy (non-hydrogen) atoms. The van der Waals surface area contributed by atoms with E-state index in [0.717, 1.165) is 45.1 Å². The van der Waals surface area contributed by atoms with Crippen LogP contribution in [0, 0.1) is 17.8 Å². The first-order valence-electron chi connectivity index (χ1n) is 12.8. The van der Waals surface area contributed by atoms with Gasteiger partial charge in [-0.25, -0.2) is 9.18 Å². The molecule has 0 amide bonds. The maximum absolute atomic E-state index is 14.0. The molecule has 0 aromatic carbocycles. The molecular weight excluding hydrogens is 501 g/mol. The van der Waals surface area contributed by atoms with Crippen LogP contribution < -0.4 is 0 Å². The van der Waals surface area contributed by atoms with Gasteiger partial charge in [-0.1, -0.05) is 69.6 Å². The van der Waals surface area contributed by atoms with Crippen molar-refractivity contribution in [3.63, 3.8) is 0 Å². The predicted molar refractivity (Wildman–Crippen MR) is 143 cm³/mol. The third kappa shape index (κ3) is 7.08. The number of unbranched alkanes of at least 4 members (excludes halogenated alkanes) is 1. The summed E-state index contributed by atoms with van der Waals surface area (Å²) < 4.78 is 39.0. The van der Waals surface area contributed by atoms with Crippen LogP contribution in [0.3, 0.4) is 0 Å². The molecule has 0 radical (unpaired) electrons. The van der Waals surface area contributed by atoms with Crippen molar-refractivity contribution in [1.82, 2.24) is 4.90 Å². The van der Waals surface area contributed by atoms with Gasteiger partial charge in [0, 0.05) is 23.1 Å². The van der Waals surface area contributed by atoms with E-state index in [1.54, 1.807) is 12.2 Å². The van der Waals surface area contributed by atoms with Crippen LogP contribution in [-0.4, -0.2) is 42.7 Å². The van der Waals surface area contributed by atoms with E-state index in [-0.39, 0.29) is 17.4 Å². The standard InChI is InChI=1S/C28H37ClFNO4S/c1-3-5-10-19(9-4-2)18-31(21-11-7-6-8-12-21)26-17-24(29)22(16-27(26)36(34)35)20-13-14-25(30)23(15-20)28(32)33/h6-8,11,14-17,19-22,24H,3-5,9-10,12-13,18H2,1-2H3,(H,32,33)(H,34,35)/p-1. The molecule has 198 valence electrons. The average molecular weight is 537 g/mol. The van der Waals surface area contributed by atoms with E-state index in [1.165, 1.54) is 12.2 Å². The maximum Gasteiger partial charge on any atom is 0.338 e. The van der Waals surface area contributed by atoms with Crippen molar-refractivity contribution < 1.29 is 23.1 Å². The van der Waals surface area contributed by atoms with E-state index < -0.39 is 45.7 Å². The lowest BCUT2D eigenvalue weighted by atomic mass is 9.80. The van der Waals surface area contributed by atoms with Crippen molar-refractivity contribution in [3.8, 4) is 0 Å². The minimum absolute atomic E-state index is 0.0137. The molecule has 6 atom stereocenters. The van der Waals surface area contributed by atoms with Crippen LogP contribution in [-0.2, 0) is 15.9 Å². The van der Waals surface area contributed by atoms with Gasteiger partial charge in [0.2, 0.25) is 0 Å². The third-order valence-electron chi connectivity index (χ3n) is 7.18. The summed E-state index contributed by atoms with van der Waals surface area (Å²) in [5.74, 6) is -2.59. The first-order chi connectivity index (χ1) is 17.3. The molecule has 0 heterocycles. The third-order valence-corrected chi connectivity index (χ3v) is 8.30. The summed E-state index contributed by atoms with van der Waals surface area (Å²) in [6.07, 6.45) is 20.7. The first-order valence-corrected chi connectivity index (χ1v) is 14.4. The van der Waals surface area contributed by atoms with Gasteiger partial charge in [0.05, 0.1) is 17.0 Å². The fourth-order valence-electron chi connectivity index (χ4n) is 5.30. The van der Waals surface area contributed by atoms with Crippen LogP contribution in [0.5, 0.6) is 0 Å². The summed E-state index contributed by atoms with van der Waals surface area (Å²) in [6.45, 7) is 5.07. The first kappa shape index (κ1) is 28.6. The van der Waals surface area contributed by atoms with Crippen molar-refractivity contribution in [3.05, 3.63) is 70.6 Å². The Morgan fingerprint density at radius 1 is 1.22 bits per heavy atom. The molecule has 0 saturated carbocycles. The quantitative estimate of drug-likeness (QED) is 0.226. The summed E-state index contributed by atoms with van der Waals surface area (Å²) in [6, 6.07) is 0.0137. The lowest BCUT2D eigenvalue weighted by Gasteiger charge is -2.41. The summed E-state index contributed by atoms with van der Waals surface area (Å²) in [5, 5.41) is 8.79. The Balaban J connectivity index is 1.96. The van der Waals surface area contributed by atoms with E-state index in [2.05, 4.69) is 30.9 Å². The van der Waals surface area contributed by atoms with E-state index in [0.29, 0.717) is 11.6 Å². The Hall–Kier alpha value is -1.96. The fourth-order valence-corrected chi connectivity index (χ4v) is 6.31. The highest BCUT2D eigenvalue weighted by molar-refractivity contribution is 7.83. The summed E-state index contributed by atoms with van der Waals surface area (Å²) in [5.41, 5.74) is 0.198. The molecule has 6 unspecified atom stereocenters. The van der Waals surface area contributed by atoms with Gasteiger partial charge in [-0.05, 0) is 60.8 Å². The number of hydrogen-bond donors (Lipinski definition) is 1. The molecule has 0 bridgehead atoms. The maximum atomic E-state index is 14.0. The van der Waals surface area contributed by atoms with Crippen molar-refractivity contribution in [1.29, 1.82) is 0 Å². The fraction of sp³-hybridized carbons (Fsp3) is 0.536. The molecule has 3 rings (SSSR count). The molecule has 3 aliphatic carbocycles. The Bertz CT molecular complexity index is 1020. The molecule has 0 fully saturated rings. The summed E-state index contributed by atoms with van der Waals surface area (Å²) in [7, 11) is 0. The second-order valence-electron chi connectivity index (χ2n) is 9.74. The average Bonchev–Trinajstić information content (AvgIpc) is 2.86. The zero-order valence-corrected chi connectivity index (χ0v) is 22.5. The van der Waals surface area contributed by atoms with Crippen LogP contribution in [0.1, 0.15) is 58.8 Å². The largest absolute Gasteiger partial charge is 0.768 e. The van der Waals surface area contributed by atoms with Gasteiger partial charge in [0.25, 0.3) is 0 Å². The van der Waals surface area contributed by atoms with Gasteiger partial charge in [-0.3, -0.25) is 4.21 Å². The lowest BCUT2D eigenvalue weighted by molar-refractivity contribution is -0.132. The monoisotopic (exact) mass is 536 g/mol. The Kier molecular flexibility index (Phi) is 10.8. The number of carbonyl (C=O) groups is 1. The number of nitrogens with zero attached hydrogens (tertiary/aromatic N) is 1. The molecule has 0 aromatic heterocycles. The van der Waals surface area contributed by atoms with Crippen LogP contribution >= 0.6 is 11.6 Å². The van der Waals surface area contributed by atoms with Gasteiger partial charge in [0.1, 0.15) is 5.83 Å². The van der Waals surface area contributed by atoms with Crippen LogP contribution in [0.2, 0.25) is 0 Å². The lowest BCUT2D eigenvalue weighted by Crippen LogP contribution is -2.40. The second-order valence-corrected chi connectivity index (χ2v) is 11.2. The number of rotatable bonds is 12. The smallest absolute Gasteiger partial charge is 0.338 e. The zero-order chi connectivity index (χ0) is 26.2. The molecule has 0 aromatic rings. The van der Waals surface area contributed by atoms with Gasteiger partial charge in [0.15, 0.2) is 0 Å². The van der Waals surface area contributed by atoms with E-state index >= 15 is 0 Å². The topological polar surface area (TPSA) is 80.7 Å². The molecule has 0 spiro atoms. The van der Waals surface area contributed by atoms with E-state index in [1.807, 2.05) is 12.2 Å². The minimum atomic E-state index is -2.52. The van der Waals surface area contributed by atoms with Crippen molar-refractivity contribution in [2.24, 2.45) is 17.8 Å². The molecule has 0 saturated heterocycles. The predicted octanol–water partition coefficient (Wildman–Crippen LogP) is 6.55. The van der Waals surface area contributed by atoms with E-state index in [4.69, 9.17) is 11.6 Å². The Labute approximate surface area is 221 Å². The van der Waals surface area contributed by atoms with E-state index in [9.17, 15) is 23.1 Å². The molecule has 8 heteroatoms. The molecule has 0 aliphatic heterocycles. The van der Waals surface area contributed by atoms with Crippen LogP contribution in [0.25, 0.3) is 0 Å². The number of carboxylic acids is 1. The number of carboxylic acid groups (broad SMARTS) is 1. The SMILES string of the molecule is CCCCC(CCC)CN(C1=CC(Cl)C(C2C=C(C(=O)O)C(F)=CC2)C=C1S(=O)[O-])C1C=CC=CC1. The van der Waals surface area contributed by atoms with Gasteiger partial charge < -0.3 is 14.6 Å². The van der Waals surface area contributed by atoms with Crippen LogP contribution in [0.4, 0.5) is 4.39 Å². The van der Waals surface area contributed by atoms with Gasteiger partial charge >= 0.3 is 5.97 Å². The number of halogens is 2. The zero-order valence-electron chi connectivity index (χ0n) is 20.9. The summed E-state index contributed by atoms with van der Waals surface area (Å²) in [4.78, 5) is 13.8. The minimum Gasteiger partial charge on any atom is -0.768 e. The number of alkyl halides is 1. The van der Waals surface area contributed by atoms with Gasteiger partial charge in [-0.2, -0.15) is 0 Å². The molecule has 3 aliphatic rings. The Morgan fingerprint density at radius 2 is 2.00 bits per heavy atom. The number of hydrogen-bond acceptors (Lipinski definition) is 4. The number of aliphatic carboxylic acids is 1. The number of allylic oxidation sites excluding steroid dienone is 6. The normalized spacial score (nSPS) is 27.5. The van der Waals surface area contributed by atoms with Gasteiger partial charge in [-0.15, -0.1) is 11.6 Å². The highest BCUT2D eigenvalue weighted by Crippen LogP contribution is 2.40. The molecule has 5 nitrogen and oxygen atoms in total. The molecule has 1 N–H and O–H groups in total. The Morgan fingerprint density at radius 3 is 2.61 bits per heavy atom. The van der Waals surface area contributed by atoms with Crippen molar-refractivity contribution in [2.45, 2.75) is 70.2 Å². The summed E-state index contributed by atoms with van der Waals surface area (Å²) >= 11 is 4.32. The van der Waals surface area contributed by atoms with Crippen molar-refractivity contribution >= 4 is 28.7 Å². The highest BCUT2D eigenvalue weighted by Gasteiger charge is 2.35. The second kappa shape index (κ2) is 13.5.